The van der Waals surface area contributed by atoms with Crippen LogP contribution in [0, 0.1) is 11.8 Å². The van der Waals surface area contributed by atoms with E-state index in [0.29, 0.717) is 0 Å². The fourth-order valence-electron chi connectivity index (χ4n) is 1.51. The van der Waals surface area contributed by atoms with Gasteiger partial charge in [0, 0.05) is 5.69 Å². The first-order valence-electron chi connectivity index (χ1n) is 5.21. The summed E-state index contributed by atoms with van der Waals surface area (Å²) in [6.07, 6.45) is 0. The number of nitrogens with one attached hydrogen (secondary N) is 1. The average molecular weight is 244 g/mol. The van der Waals surface area contributed by atoms with Gasteiger partial charge in [0.15, 0.2) is 17.3 Å². The molecule has 2 rings (SSSR count). The third-order valence-electron chi connectivity index (χ3n) is 2.42. The van der Waals surface area contributed by atoms with E-state index in [-0.39, 0.29) is 23.3 Å². The van der Waals surface area contributed by atoms with Crippen LogP contribution in [0.1, 0.15) is 5.56 Å². The Hall–Kier alpha value is -2.70. The smallest absolute Gasteiger partial charge is 0.224 e. The number of hydrogen-bond donors (Lipinski definition) is 3. The van der Waals surface area contributed by atoms with Crippen LogP contribution in [0.5, 0.6) is 0 Å². The van der Waals surface area contributed by atoms with Crippen molar-refractivity contribution in [1.29, 1.82) is 0 Å². The lowest BCUT2D eigenvalue weighted by Gasteiger charge is -2.10. The van der Waals surface area contributed by atoms with Gasteiger partial charge in [0.05, 0.1) is 0 Å². The van der Waals surface area contributed by atoms with Crippen molar-refractivity contribution in [2.45, 2.75) is 6.92 Å². The molecule has 0 saturated carbocycles. The SMILES string of the molecule is Cc1ccccc1Nc1nc(N)nc(N)c1N=O. The first kappa shape index (κ1) is 11.8. The molecule has 7 nitrogen and oxygen atoms in total. The van der Waals surface area contributed by atoms with Crippen LogP contribution >= 0.6 is 0 Å². The molecule has 5 N–H and O–H groups in total. The predicted molar refractivity (Wildman–Crippen MR) is 70.8 cm³/mol. The molecule has 0 aliphatic rings. The van der Waals surface area contributed by atoms with Crippen molar-refractivity contribution < 1.29 is 0 Å². The maximum Gasteiger partial charge on any atom is 0.224 e. The highest BCUT2D eigenvalue weighted by atomic mass is 16.3. The van der Waals surface area contributed by atoms with E-state index in [0.717, 1.165) is 11.3 Å². The Balaban J connectivity index is 2.46. The Bertz CT molecular complexity index is 598. The van der Waals surface area contributed by atoms with E-state index in [9.17, 15) is 4.91 Å². The van der Waals surface area contributed by atoms with E-state index in [1.165, 1.54) is 0 Å². The van der Waals surface area contributed by atoms with Gasteiger partial charge in [-0.3, -0.25) is 0 Å². The van der Waals surface area contributed by atoms with Crippen molar-refractivity contribution in [1.82, 2.24) is 9.97 Å². The third kappa shape index (κ3) is 2.19. The zero-order chi connectivity index (χ0) is 13.1. The Morgan fingerprint density at radius 3 is 2.61 bits per heavy atom. The fraction of sp³-hybridized carbons (Fsp3) is 0.0909. The third-order valence-corrected chi connectivity index (χ3v) is 2.42. The Kier molecular flexibility index (Phi) is 3.05. The zero-order valence-electron chi connectivity index (χ0n) is 9.71. The van der Waals surface area contributed by atoms with Crippen molar-refractivity contribution in [2.75, 3.05) is 16.8 Å². The number of aromatic nitrogens is 2. The summed E-state index contributed by atoms with van der Waals surface area (Å²) < 4.78 is 0. The zero-order valence-corrected chi connectivity index (χ0v) is 9.71. The molecule has 0 unspecified atom stereocenters. The second kappa shape index (κ2) is 4.66. The molecule has 0 aliphatic carbocycles. The van der Waals surface area contributed by atoms with Crippen molar-refractivity contribution >= 4 is 29.0 Å². The van der Waals surface area contributed by atoms with Crippen LogP contribution < -0.4 is 16.8 Å². The number of nitrogen functional groups attached to an aromatic ring is 2. The van der Waals surface area contributed by atoms with Gasteiger partial charge in [-0.15, -0.1) is 4.91 Å². The molecule has 7 heteroatoms. The standard InChI is InChI=1S/C11H12N6O/c1-6-4-2-3-5-7(6)14-10-8(17-18)9(12)15-11(13)16-10/h2-5H,1H3,(H5,12,13,14,15,16). The highest BCUT2D eigenvalue weighted by Crippen LogP contribution is 2.31. The highest BCUT2D eigenvalue weighted by Gasteiger charge is 2.12. The van der Waals surface area contributed by atoms with E-state index >= 15 is 0 Å². The van der Waals surface area contributed by atoms with E-state index in [4.69, 9.17) is 11.5 Å². The minimum Gasteiger partial charge on any atom is -0.382 e. The number of nitrogens with zero attached hydrogens (tertiary/aromatic N) is 3. The molecule has 0 radical (unpaired) electrons. The summed E-state index contributed by atoms with van der Waals surface area (Å²) >= 11 is 0. The normalized spacial score (nSPS) is 10.1. The van der Waals surface area contributed by atoms with E-state index in [1.54, 1.807) is 0 Å². The van der Waals surface area contributed by atoms with E-state index < -0.39 is 0 Å². The molecule has 0 bridgehead atoms. The Morgan fingerprint density at radius 1 is 1.22 bits per heavy atom. The van der Waals surface area contributed by atoms with Gasteiger partial charge < -0.3 is 16.8 Å². The first-order chi connectivity index (χ1) is 8.61. The lowest BCUT2D eigenvalue weighted by molar-refractivity contribution is 1.18. The van der Waals surface area contributed by atoms with Crippen LogP contribution in [-0.4, -0.2) is 9.97 Å². The first-order valence-corrected chi connectivity index (χ1v) is 5.21. The highest BCUT2D eigenvalue weighted by molar-refractivity contribution is 5.77. The molecule has 0 saturated heterocycles. The van der Waals surface area contributed by atoms with E-state index in [2.05, 4.69) is 20.5 Å². The Labute approximate surface area is 103 Å². The van der Waals surface area contributed by atoms with Crippen molar-refractivity contribution in [3.8, 4) is 0 Å². The molecule has 92 valence electrons. The summed E-state index contributed by atoms with van der Waals surface area (Å²) in [5.41, 5.74) is 12.8. The monoisotopic (exact) mass is 244 g/mol. The number of hydrogen-bond acceptors (Lipinski definition) is 7. The van der Waals surface area contributed by atoms with Crippen LogP contribution in [0.2, 0.25) is 0 Å². The van der Waals surface area contributed by atoms with Gasteiger partial charge in [-0.25, -0.2) is 0 Å². The molecule has 1 aromatic carbocycles. The second-order valence-corrected chi connectivity index (χ2v) is 3.70. The molecule has 0 atom stereocenters. The number of nitrogens with two attached hydrogens (primary N) is 2. The van der Waals surface area contributed by atoms with Gasteiger partial charge in [0.1, 0.15) is 0 Å². The maximum absolute atomic E-state index is 10.7. The van der Waals surface area contributed by atoms with Crippen LogP contribution in [0.4, 0.5) is 29.0 Å². The summed E-state index contributed by atoms with van der Waals surface area (Å²) in [5.74, 6) is 0.133. The largest absolute Gasteiger partial charge is 0.382 e. The van der Waals surface area contributed by atoms with Crippen LogP contribution in [0.25, 0.3) is 0 Å². The summed E-state index contributed by atoms with van der Waals surface area (Å²) in [6.45, 7) is 1.92. The number of nitroso groups, excluding NO2 is 1. The van der Waals surface area contributed by atoms with Gasteiger partial charge in [-0.2, -0.15) is 9.97 Å². The number of para-hydroxylation sites is 1. The number of rotatable bonds is 3. The minimum atomic E-state index is -0.0487. The molecule has 2 aromatic rings. The average Bonchev–Trinajstić information content (AvgIpc) is 2.31. The number of aryl methyl sites for hydroxylation is 1. The Morgan fingerprint density at radius 2 is 1.94 bits per heavy atom. The summed E-state index contributed by atoms with van der Waals surface area (Å²) in [4.78, 5) is 18.3. The molecule has 1 heterocycles. The van der Waals surface area contributed by atoms with Gasteiger partial charge >= 0.3 is 0 Å². The number of benzene rings is 1. The summed E-state index contributed by atoms with van der Waals surface area (Å²) in [5, 5.41) is 5.79. The molecule has 0 fully saturated rings. The molecule has 1 aromatic heterocycles. The predicted octanol–water partition coefficient (Wildman–Crippen LogP) is 2.09. The van der Waals surface area contributed by atoms with Crippen LogP contribution in [0.3, 0.4) is 0 Å². The van der Waals surface area contributed by atoms with Crippen molar-refractivity contribution in [3.63, 3.8) is 0 Å². The molecule has 0 amide bonds. The lowest BCUT2D eigenvalue weighted by Crippen LogP contribution is -2.04. The van der Waals surface area contributed by atoms with Gasteiger partial charge in [0.2, 0.25) is 5.95 Å². The quantitative estimate of drug-likeness (QED) is 0.711. The van der Waals surface area contributed by atoms with Gasteiger partial charge in [-0.1, -0.05) is 18.2 Å². The molecule has 0 aliphatic heterocycles. The second-order valence-electron chi connectivity index (χ2n) is 3.70. The molecule has 0 spiro atoms. The van der Waals surface area contributed by atoms with Gasteiger partial charge in [0.25, 0.3) is 0 Å². The maximum atomic E-state index is 10.7. The van der Waals surface area contributed by atoms with Crippen molar-refractivity contribution in [3.05, 3.63) is 34.7 Å². The number of anilines is 4. The molecular formula is C11H12N6O. The van der Waals surface area contributed by atoms with Crippen LogP contribution in [0.15, 0.2) is 29.4 Å². The molecule has 18 heavy (non-hydrogen) atoms. The summed E-state index contributed by atoms with van der Waals surface area (Å²) in [7, 11) is 0. The fourth-order valence-corrected chi connectivity index (χ4v) is 1.51. The minimum absolute atomic E-state index is 0.0176. The van der Waals surface area contributed by atoms with Crippen LogP contribution in [-0.2, 0) is 0 Å². The topological polar surface area (TPSA) is 119 Å². The molecular weight excluding hydrogens is 232 g/mol. The van der Waals surface area contributed by atoms with Gasteiger partial charge in [-0.05, 0) is 23.7 Å². The van der Waals surface area contributed by atoms with Crippen molar-refractivity contribution in [2.24, 2.45) is 5.18 Å². The lowest BCUT2D eigenvalue weighted by atomic mass is 10.2. The van der Waals surface area contributed by atoms with E-state index in [1.807, 2.05) is 31.2 Å². The summed E-state index contributed by atoms with van der Waals surface area (Å²) in [6, 6.07) is 7.53.